The quantitative estimate of drug-likeness (QED) is 0.134. The number of methoxy groups -OCH3 is 2. The van der Waals surface area contributed by atoms with Crippen LogP contribution < -0.4 is 4.90 Å². The van der Waals surface area contributed by atoms with Crippen molar-refractivity contribution in [1.82, 2.24) is 19.9 Å². The van der Waals surface area contributed by atoms with Crippen LogP contribution >= 0.6 is 0 Å². The van der Waals surface area contributed by atoms with E-state index in [2.05, 4.69) is 56.5 Å². The Balaban J connectivity index is 1.11. The van der Waals surface area contributed by atoms with E-state index in [1.165, 1.54) is 32.4 Å². The second-order valence-corrected chi connectivity index (χ2v) is 22.9. The number of cyclic esters (lactones) is 1. The number of ketones is 1. The molecule has 0 amide bonds. The summed E-state index contributed by atoms with van der Waals surface area (Å²) in [5, 5.41) is 55.9. The first kappa shape index (κ1) is 58.8. The van der Waals surface area contributed by atoms with E-state index in [0.29, 0.717) is 13.0 Å². The molecular weight excluding hydrogens is 963 g/mol. The van der Waals surface area contributed by atoms with Gasteiger partial charge in [-0.25, -0.2) is 0 Å². The summed E-state index contributed by atoms with van der Waals surface area (Å²) in [6.07, 6.45) is -5.45. The highest BCUT2D eigenvalue weighted by atomic mass is 16.7. The van der Waals surface area contributed by atoms with E-state index in [-0.39, 0.29) is 31.1 Å². The fraction of sp³-hybridized carbons (Fsp3) is 0.719. The van der Waals surface area contributed by atoms with Crippen molar-refractivity contribution in [2.24, 2.45) is 23.7 Å². The SMILES string of the molecule is CC[C@H]1OC(=O)[C@H](C)[C@@H](O[C@H]2C[C@@](C)(OC)[C@@H](O)[C@H](C)O2)[C@H](C)[C@@H](O[C@@H]2O[C@H](C)C[C@H](N(C)Cc3ccc(-c4cn(CCCN5CCc6ccccc65)nn4)cc3)[C@H]2O)[C@](C)(OC)C[C@@H](C)C(=O)[C@H](C)[C@@H](O)[C@]1(C)O. The molecule has 5 heterocycles. The molecule has 2 aromatic carbocycles. The van der Waals surface area contributed by atoms with Crippen molar-refractivity contribution in [1.29, 1.82) is 0 Å². The van der Waals surface area contributed by atoms with Gasteiger partial charge in [-0.1, -0.05) is 75.4 Å². The summed E-state index contributed by atoms with van der Waals surface area (Å²) in [5.74, 6) is -4.68. The number of para-hydroxylation sites is 1. The number of anilines is 1. The van der Waals surface area contributed by atoms with Crippen LogP contribution in [-0.4, -0.2) is 171 Å². The third-order valence-corrected chi connectivity index (χ3v) is 17.2. The van der Waals surface area contributed by atoms with Crippen LogP contribution in [0.3, 0.4) is 0 Å². The molecule has 4 aliphatic rings. The van der Waals surface area contributed by atoms with E-state index < -0.39 is 108 Å². The first-order valence-corrected chi connectivity index (χ1v) is 27.2. The average molecular weight is 1050 g/mol. The molecule has 0 bridgehead atoms. The number of carbonyl (C=O) groups excluding carboxylic acids is 2. The Morgan fingerprint density at radius 3 is 2.23 bits per heavy atom. The molecule has 18 heteroatoms. The number of likely N-dealkylation sites (N-methyl/N-ethyl adjacent to an activating group) is 1. The van der Waals surface area contributed by atoms with E-state index in [1.807, 2.05) is 50.8 Å². The third-order valence-electron chi connectivity index (χ3n) is 17.2. The van der Waals surface area contributed by atoms with Gasteiger partial charge in [-0.05, 0) is 97.9 Å². The van der Waals surface area contributed by atoms with Crippen LogP contribution in [-0.2, 0) is 62.3 Å². The highest BCUT2D eigenvalue weighted by Gasteiger charge is 2.54. The maximum atomic E-state index is 14.5. The highest BCUT2D eigenvalue weighted by molar-refractivity contribution is 5.83. The molecule has 3 saturated heterocycles. The van der Waals surface area contributed by atoms with Crippen molar-refractivity contribution in [3.8, 4) is 11.3 Å². The van der Waals surface area contributed by atoms with Gasteiger partial charge in [0.15, 0.2) is 12.6 Å². The molecule has 0 saturated carbocycles. The van der Waals surface area contributed by atoms with Gasteiger partial charge >= 0.3 is 5.97 Å². The summed E-state index contributed by atoms with van der Waals surface area (Å²) in [7, 11) is 4.99. The maximum Gasteiger partial charge on any atom is 0.311 e. The van der Waals surface area contributed by atoms with Gasteiger partial charge in [-0.15, -0.1) is 5.10 Å². The topological polar surface area (TPSA) is 217 Å². The average Bonchev–Trinajstić information content (AvgIpc) is 4.05. The van der Waals surface area contributed by atoms with Gasteiger partial charge in [-0.3, -0.25) is 19.2 Å². The maximum absolute atomic E-state index is 14.5. The Kier molecular flexibility index (Phi) is 19.1. The second-order valence-electron chi connectivity index (χ2n) is 22.9. The summed E-state index contributed by atoms with van der Waals surface area (Å²) in [5.41, 5.74) is 1.12. The van der Waals surface area contributed by atoms with Crippen LogP contribution in [0.15, 0.2) is 54.7 Å². The molecule has 4 aliphatic heterocycles. The van der Waals surface area contributed by atoms with Gasteiger partial charge in [0.1, 0.15) is 35.4 Å². The van der Waals surface area contributed by atoms with Crippen molar-refractivity contribution in [2.45, 2.75) is 205 Å². The summed E-state index contributed by atoms with van der Waals surface area (Å²) in [6.45, 7) is 20.4. The largest absolute Gasteiger partial charge is 0.459 e. The van der Waals surface area contributed by atoms with Crippen LogP contribution in [0.5, 0.6) is 0 Å². The Labute approximate surface area is 444 Å². The number of carbonyl (C=O) groups is 2. The standard InChI is InChI=1S/C57H87N5O13/c1-14-45-57(10,68)50(65)35(4)47(63)33(2)29-56(9,70-13)52(36(5)49(37(6)53(67)73-45)74-46-30-55(8,69-12)51(66)38(7)72-46)75-54-48(64)44(28-34(3)71-54)60(11)31-39-20-22-40(23-21-39)42-32-62(59-58-42)26-17-25-61-27-24-41-18-15-16-19-43(41)61/h15-16,18-23,32-38,44-46,48-52,54,64-66,68H,14,17,24-31H2,1-13H3/t33-,34-,35+,36+,37-,38+,44+,45-,46+,48-,49+,50-,51+,52-,54+,55-,56-,57-/m1/s1. The Morgan fingerprint density at radius 1 is 0.853 bits per heavy atom. The second kappa shape index (κ2) is 24.4. The fourth-order valence-electron chi connectivity index (χ4n) is 12.3. The molecule has 1 aromatic heterocycles. The van der Waals surface area contributed by atoms with Crippen molar-refractivity contribution in [3.05, 3.63) is 65.9 Å². The molecule has 0 unspecified atom stereocenters. The van der Waals surface area contributed by atoms with Crippen LogP contribution in [0.1, 0.15) is 112 Å². The zero-order valence-electron chi connectivity index (χ0n) is 46.6. The molecular formula is C57H87N5O13. The lowest BCUT2D eigenvalue weighted by Crippen LogP contribution is -2.61. The lowest BCUT2D eigenvalue weighted by molar-refractivity contribution is -0.319. The number of aryl methyl sites for hydroxylation is 1. The van der Waals surface area contributed by atoms with Crippen molar-refractivity contribution < 1.29 is 63.2 Å². The molecule has 7 rings (SSSR count). The van der Waals surface area contributed by atoms with Gasteiger partial charge in [0.05, 0.1) is 53.8 Å². The molecule has 0 spiro atoms. The molecule has 75 heavy (non-hydrogen) atoms. The summed E-state index contributed by atoms with van der Waals surface area (Å²) in [4.78, 5) is 33.4. The first-order valence-electron chi connectivity index (χ1n) is 27.2. The summed E-state index contributed by atoms with van der Waals surface area (Å²) in [6, 6.07) is 16.4. The van der Waals surface area contributed by atoms with Gasteiger partial charge in [0, 0.05) is 81.9 Å². The van der Waals surface area contributed by atoms with Gasteiger partial charge in [0.2, 0.25) is 0 Å². The minimum atomic E-state index is -2.00. The van der Waals surface area contributed by atoms with E-state index >= 15 is 0 Å². The lowest BCUT2D eigenvalue weighted by Gasteiger charge is -2.50. The minimum Gasteiger partial charge on any atom is -0.459 e. The smallest absolute Gasteiger partial charge is 0.311 e. The Hall–Kier alpha value is -3.92. The lowest BCUT2D eigenvalue weighted by atomic mass is 9.74. The number of aliphatic hydroxyl groups excluding tert-OH is 3. The normalized spacial score (nSPS) is 38.3. The predicted octanol–water partition coefficient (Wildman–Crippen LogP) is 5.72. The first-order chi connectivity index (χ1) is 35.4. The highest BCUT2D eigenvalue weighted by Crippen LogP contribution is 2.42. The number of fused-ring (bicyclic) bond motifs is 1. The van der Waals surface area contributed by atoms with Crippen molar-refractivity contribution in [2.75, 3.05) is 39.3 Å². The number of aromatic nitrogens is 3. The van der Waals surface area contributed by atoms with Gasteiger partial charge in [0.25, 0.3) is 0 Å². The third kappa shape index (κ3) is 12.8. The van der Waals surface area contributed by atoms with E-state index in [9.17, 15) is 30.0 Å². The van der Waals surface area contributed by atoms with Crippen molar-refractivity contribution in [3.63, 3.8) is 0 Å². The van der Waals surface area contributed by atoms with Crippen LogP contribution in [0.25, 0.3) is 11.3 Å². The molecule has 0 radical (unpaired) electrons. The number of hydrogen-bond donors (Lipinski definition) is 4. The number of benzene rings is 2. The zero-order valence-corrected chi connectivity index (χ0v) is 46.6. The number of esters is 1. The Morgan fingerprint density at radius 2 is 1.55 bits per heavy atom. The zero-order chi connectivity index (χ0) is 54.7. The molecule has 4 N–H and O–H groups in total. The number of hydrogen-bond acceptors (Lipinski definition) is 17. The molecule has 0 aliphatic carbocycles. The van der Waals surface area contributed by atoms with E-state index in [1.54, 1.807) is 41.5 Å². The molecule has 18 atom stereocenters. The predicted molar refractivity (Wildman–Crippen MR) is 281 cm³/mol. The number of ether oxygens (including phenoxy) is 7. The fourth-order valence-corrected chi connectivity index (χ4v) is 12.3. The van der Waals surface area contributed by atoms with E-state index in [0.717, 1.165) is 49.3 Å². The minimum absolute atomic E-state index is 0.0758. The summed E-state index contributed by atoms with van der Waals surface area (Å²) >= 11 is 0. The number of aliphatic hydroxyl groups is 4. The monoisotopic (exact) mass is 1050 g/mol. The molecule has 18 nitrogen and oxygen atoms in total. The molecule has 3 aromatic rings. The van der Waals surface area contributed by atoms with Gasteiger partial charge in [-0.2, -0.15) is 0 Å². The number of rotatable bonds is 15. The van der Waals surface area contributed by atoms with Gasteiger partial charge < -0.3 is 58.5 Å². The van der Waals surface area contributed by atoms with Crippen LogP contribution in [0.4, 0.5) is 5.69 Å². The number of nitrogens with zero attached hydrogens (tertiary/aromatic N) is 5. The van der Waals surface area contributed by atoms with Crippen LogP contribution in [0.2, 0.25) is 0 Å². The van der Waals surface area contributed by atoms with Crippen LogP contribution in [0, 0.1) is 23.7 Å². The van der Waals surface area contributed by atoms with Crippen molar-refractivity contribution >= 4 is 17.4 Å². The number of Topliss-reactive ketones (excluding diaryl/α,β-unsaturated/α-hetero) is 1. The molecule has 3 fully saturated rings. The Bertz CT molecular complexity index is 2350. The van der Waals surface area contributed by atoms with E-state index in [4.69, 9.17) is 33.2 Å². The molecule has 418 valence electrons. The summed E-state index contributed by atoms with van der Waals surface area (Å²) < 4.78 is 46.9.